The van der Waals surface area contributed by atoms with Gasteiger partial charge < -0.3 is 4.74 Å². The predicted molar refractivity (Wildman–Crippen MR) is 57.9 cm³/mol. The van der Waals surface area contributed by atoms with E-state index in [-0.39, 0.29) is 17.3 Å². The highest BCUT2D eigenvalue weighted by atomic mass is 79.9. The highest BCUT2D eigenvalue weighted by Gasteiger charge is 2.21. The van der Waals surface area contributed by atoms with Crippen LogP contribution in [0.1, 0.15) is 17.3 Å². The first-order chi connectivity index (χ1) is 7.06. The molecule has 4 nitrogen and oxygen atoms in total. The molecule has 1 aromatic heterocycles. The molecule has 1 heterocycles. The van der Waals surface area contributed by atoms with E-state index in [0.717, 1.165) is 0 Å². The van der Waals surface area contributed by atoms with Crippen LogP contribution in [0.5, 0.6) is 0 Å². The van der Waals surface area contributed by atoms with Gasteiger partial charge in [0.2, 0.25) is 0 Å². The van der Waals surface area contributed by atoms with Gasteiger partial charge in [0, 0.05) is 10.7 Å². The fourth-order valence-electron chi connectivity index (χ4n) is 0.888. The van der Waals surface area contributed by atoms with Gasteiger partial charge >= 0.3 is 5.97 Å². The van der Waals surface area contributed by atoms with E-state index in [1.165, 1.54) is 12.3 Å². The van der Waals surface area contributed by atoms with Crippen LogP contribution in [-0.2, 0) is 9.53 Å². The van der Waals surface area contributed by atoms with Crippen molar-refractivity contribution < 1.29 is 14.3 Å². The Morgan fingerprint density at radius 3 is 2.87 bits per heavy atom. The molecule has 0 unspecified atom stereocenters. The molecule has 0 atom stereocenters. The molecule has 15 heavy (non-hydrogen) atoms. The number of Topliss-reactive ketones (excluding diaryl/α,β-unsaturated/α-hetero) is 1. The third kappa shape index (κ3) is 3.00. The average molecular weight is 293 g/mol. The molecule has 1 rings (SSSR count). The molecule has 1 aromatic rings. The van der Waals surface area contributed by atoms with E-state index in [9.17, 15) is 9.59 Å². The summed E-state index contributed by atoms with van der Waals surface area (Å²) in [5, 5.41) is -0.0174. The average Bonchev–Trinajstić information content (AvgIpc) is 2.21. The maximum atomic E-state index is 11.5. The van der Waals surface area contributed by atoms with Crippen molar-refractivity contribution in [3.05, 3.63) is 27.5 Å². The normalized spacial score (nSPS) is 9.80. The lowest BCUT2D eigenvalue weighted by Gasteiger charge is -2.02. The lowest BCUT2D eigenvalue weighted by Crippen LogP contribution is -2.18. The van der Waals surface area contributed by atoms with Crippen molar-refractivity contribution >= 4 is 39.3 Å². The molecular weight excluding hydrogens is 285 g/mol. The number of aromatic nitrogens is 1. The zero-order valence-corrected chi connectivity index (χ0v) is 10.1. The number of hydrogen-bond donors (Lipinski definition) is 0. The van der Waals surface area contributed by atoms with E-state index >= 15 is 0 Å². The number of rotatable bonds is 3. The highest BCUT2D eigenvalue weighted by molar-refractivity contribution is 9.10. The third-order valence-electron chi connectivity index (χ3n) is 1.51. The number of hydrogen-bond acceptors (Lipinski definition) is 4. The number of ketones is 1. The van der Waals surface area contributed by atoms with Gasteiger partial charge in [-0.3, -0.25) is 4.79 Å². The maximum absolute atomic E-state index is 11.5. The van der Waals surface area contributed by atoms with Crippen LogP contribution in [0.4, 0.5) is 0 Å². The molecule has 0 N–H and O–H groups in total. The Morgan fingerprint density at radius 1 is 1.60 bits per heavy atom. The molecule has 0 aliphatic heterocycles. The van der Waals surface area contributed by atoms with E-state index in [2.05, 4.69) is 25.7 Å². The number of esters is 1. The Morgan fingerprint density at radius 2 is 2.27 bits per heavy atom. The summed E-state index contributed by atoms with van der Waals surface area (Å²) in [6.07, 6.45) is 1.43. The maximum Gasteiger partial charge on any atom is 0.379 e. The molecule has 0 bridgehead atoms. The van der Waals surface area contributed by atoms with E-state index < -0.39 is 11.8 Å². The summed E-state index contributed by atoms with van der Waals surface area (Å²) >= 11 is 8.80. The van der Waals surface area contributed by atoms with E-state index in [1.807, 2.05) is 0 Å². The molecule has 0 radical (unpaired) electrons. The van der Waals surface area contributed by atoms with Crippen molar-refractivity contribution in [3.8, 4) is 0 Å². The first-order valence-electron chi connectivity index (χ1n) is 4.08. The highest BCUT2D eigenvalue weighted by Crippen LogP contribution is 2.18. The van der Waals surface area contributed by atoms with Crippen molar-refractivity contribution in [1.82, 2.24) is 4.98 Å². The largest absolute Gasteiger partial charge is 0.460 e. The molecule has 0 aliphatic rings. The number of nitrogens with zero attached hydrogens (tertiary/aromatic N) is 1. The van der Waals surface area contributed by atoms with Crippen molar-refractivity contribution in [3.63, 3.8) is 0 Å². The molecule has 0 amide bonds. The van der Waals surface area contributed by atoms with Gasteiger partial charge in [-0.15, -0.1) is 0 Å². The van der Waals surface area contributed by atoms with Gasteiger partial charge in [-0.2, -0.15) is 0 Å². The first kappa shape index (κ1) is 12.1. The van der Waals surface area contributed by atoms with Crippen molar-refractivity contribution in [2.75, 3.05) is 6.61 Å². The Kier molecular flexibility index (Phi) is 4.23. The van der Waals surface area contributed by atoms with E-state index in [1.54, 1.807) is 6.92 Å². The van der Waals surface area contributed by atoms with Crippen LogP contribution in [0.15, 0.2) is 16.7 Å². The summed E-state index contributed by atoms with van der Waals surface area (Å²) in [5.41, 5.74) is 0.0319. The van der Waals surface area contributed by atoms with Crippen LogP contribution in [0.3, 0.4) is 0 Å². The second-order valence-corrected chi connectivity index (χ2v) is 3.82. The molecule has 6 heteroatoms. The lowest BCUT2D eigenvalue weighted by molar-refractivity contribution is -0.137. The summed E-state index contributed by atoms with van der Waals surface area (Å²) in [5.74, 6) is -1.73. The van der Waals surface area contributed by atoms with Crippen LogP contribution >= 0.6 is 27.5 Å². The van der Waals surface area contributed by atoms with Crippen LogP contribution in [-0.4, -0.2) is 23.3 Å². The number of carbonyl (C=O) groups is 2. The number of pyridine rings is 1. The zero-order valence-electron chi connectivity index (χ0n) is 7.79. The summed E-state index contributed by atoms with van der Waals surface area (Å²) in [7, 11) is 0. The minimum atomic E-state index is -0.931. The van der Waals surface area contributed by atoms with Crippen molar-refractivity contribution in [2.24, 2.45) is 0 Å². The predicted octanol–water partition coefficient (Wildman–Crippen LogP) is 2.24. The second kappa shape index (κ2) is 5.23. The second-order valence-electron chi connectivity index (χ2n) is 2.54. The molecule has 0 aliphatic carbocycles. The van der Waals surface area contributed by atoms with Gasteiger partial charge in [-0.25, -0.2) is 9.78 Å². The van der Waals surface area contributed by atoms with Crippen LogP contribution in [0.25, 0.3) is 0 Å². The van der Waals surface area contributed by atoms with Gasteiger partial charge in [0.25, 0.3) is 5.78 Å². The first-order valence-corrected chi connectivity index (χ1v) is 5.25. The Balaban J connectivity index is 3.00. The lowest BCUT2D eigenvalue weighted by atomic mass is 10.2. The van der Waals surface area contributed by atoms with Gasteiger partial charge in [0.05, 0.1) is 12.2 Å². The van der Waals surface area contributed by atoms with E-state index in [4.69, 9.17) is 11.6 Å². The minimum absolute atomic E-state index is 0.0174. The van der Waals surface area contributed by atoms with Gasteiger partial charge in [0.15, 0.2) is 0 Å². The van der Waals surface area contributed by atoms with Gasteiger partial charge in [-0.05, 0) is 28.9 Å². The third-order valence-corrected chi connectivity index (χ3v) is 2.25. The number of carbonyl (C=O) groups excluding carboxylic acids is 2. The molecule has 0 spiro atoms. The van der Waals surface area contributed by atoms with Crippen molar-refractivity contribution in [1.29, 1.82) is 0 Å². The molecular formula is C9H7BrClNO3. The van der Waals surface area contributed by atoms with E-state index in [0.29, 0.717) is 4.47 Å². The fourth-order valence-corrected chi connectivity index (χ4v) is 1.41. The van der Waals surface area contributed by atoms with Crippen molar-refractivity contribution in [2.45, 2.75) is 6.92 Å². The van der Waals surface area contributed by atoms with Crippen LogP contribution < -0.4 is 0 Å². The van der Waals surface area contributed by atoms with Crippen LogP contribution in [0.2, 0.25) is 5.15 Å². The quantitative estimate of drug-likeness (QED) is 0.371. The summed E-state index contributed by atoms with van der Waals surface area (Å²) in [6, 6.07) is 1.43. The SMILES string of the molecule is CCOC(=O)C(=O)c1cc(Br)cnc1Cl. The topological polar surface area (TPSA) is 56.3 Å². The standard InChI is InChI=1S/C9H7BrClNO3/c1-2-15-9(14)7(13)6-3-5(10)4-12-8(6)11/h3-4H,2H2,1H3. The smallest absolute Gasteiger partial charge is 0.379 e. The van der Waals surface area contributed by atoms with Gasteiger partial charge in [-0.1, -0.05) is 11.6 Å². The molecule has 0 saturated carbocycles. The Bertz CT molecular complexity index is 408. The Hall–Kier alpha value is -0.940. The monoisotopic (exact) mass is 291 g/mol. The Labute approximate surface area is 99.7 Å². The molecule has 0 saturated heterocycles. The summed E-state index contributed by atoms with van der Waals surface area (Å²) < 4.78 is 5.13. The van der Waals surface area contributed by atoms with Crippen LogP contribution in [0, 0.1) is 0 Å². The zero-order chi connectivity index (χ0) is 11.4. The number of ether oxygens (including phenoxy) is 1. The number of halogens is 2. The molecule has 80 valence electrons. The molecule has 0 fully saturated rings. The molecule has 0 aromatic carbocycles. The fraction of sp³-hybridized carbons (Fsp3) is 0.222. The van der Waals surface area contributed by atoms with Gasteiger partial charge in [0.1, 0.15) is 5.15 Å². The minimum Gasteiger partial charge on any atom is -0.460 e. The summed E-state index contributed by atoms with van der Waals surface area (Å²) in [4.78, 5) is 26.4. The summed E-state index contributed by atoms with van der Waals surface area (Å²) in [6.45, 7) is 1.76.